The first kappa shape index (κ1) is 14.1. The minimum Gasteiger partial charge on any atom is -0.306 e. The van der Waals surface area contributed by atoms with Crippen molar-refractivity contribution in [2.45, 2.75) is 32.7 Å². The fraction of sp³-hybridized carbons (Fsp3) is 0.500. The van der Waals surface area contributed by atoms with Gasteiger partial charge in [0.25, 0.3) is 0 Å². The largest absolute Gasteiger partial charge is 0.306 e. The second-order valence-corrected chi connectivity index (χ2v) is 6.73. The van der Waals surface area contributed by atoms with Gasteiger partial charge in [-0.15, -0.1) is 5.10 Å². The predicted molar refractivity (Wildman–Crippen MR) is 81.5 cm³/mol. The van der Waals surface area contributed by atoms with Gasteiger partial charge in [-0.05, 0) is 50.9 Å². The maximum absolute atomic E-state index is 4.28. The highest BCUT2D eigenvalue weighted by Crippen LogP contribution is 2.35. The topological polar surface area (TPSA) is 37.8 Å². The molecule has 0 aliphatic carbocycles. The second kappa shape index (κ2) is 6.23. The fourth-order valence-electron chi connectivity index (χ4n) is 1.85. The average molecular weight is 346 g/mol. The number of halogens is 1. The van der Waals surface area contributed by atoms with Crippen LogP contribution in [0, 0.1) is 0 Å². The molecule has 1 unspecified atom stereocenters. The van der Waals surface area contributed by atoms with Gasteiger partial charge in [-0.25, -0.2) is 0 Å². The molecule has 3 nitrogen and oxygen atoms in total. The molecule has 0 amide bonds. The number of nitrogens with one attached hydrogen (secondary N) is 1. The first-order valence-electron chi connectivity index (χ1n) is 5.92. The lowest BCUT2D eigenvalue weighted by molar-refractivity contribution is 0.626. The minimum atomic E-state index is 0.188. The summed E-state index contributed by atoms with van der Waals surface area (Å²) in [4.78, 5) is 1.23. The van der Waals surface area contributed by atoms with Crippen LogP contribution in [0.15, 0.2) is 15.2 Å². The fourth-order valence-corrected chi connectivity index (χ4v) is 4.30. The maximum Gasteiger partial charge on any atom is 0.0832 e. The number of hydrogen-bond donors (Lipinski definition) is 1. The van der Waals surface area contributed by atoms with E-state index < -0.39 is 0 Å². The number of hydrogen-bond acceptors (Lipinski definition) is 5. The number of aromatic nitrogens is 2. The van der Waals surface area contributed by atoms with Gasteiger partial charge in [-0.2, -0.15) is 11.3 Å². The maximum atomic E-state index is 4.28. The van der Waals surface area contributed by atoms with Crippen molar-refractivity contribution in [3.63, 3.8) is 0 Å². The van der Waals surface area contributed by atoms with Gasteiger partial charge < -0.3 is 5.32 Å². The van der Waals surface area contributed by atoms with Crippen LogP contribution < -0.4 is 5.32 Å². The van der Waals surface area contributed by atoms with E-state index in [9.17, 15) is 0 Å². The van der Waals surface area contributed by atoms with E-state index in [0.29, 0.717) is 5.92 Å². The Kier molecular flexibility index (Phi) is 4.89. The van der Waals surface area contributed by atoms with Crippen molar-refractivity contribution >= 4 is 38.8 Å². The van der Waals surface area contributed by atoms with Crippen LogP contribution in [0.2, 0.25) is 0 Å². The van der Waals surface area contributed by atoms with Gasteiger partial charge in [0, 0.05) is 9.85 Å². The van der Waals surface area contributed by atoms with E-state index in [0.717, 1.165) is 16.7 Å². The van der Waals surface area contributed by atoms with Crippen LogP contribution in [0.3, 0.4) is 0 Å². The Labute approximate surface area is 124 Å². The molecule has 0 aliphatic rings. The summed E-state index contributed by atoms with van der Waals surface area (Å²) in [6.07, 6.45) is 0. The molecular weight excluding hydrogens is 330 g/mol. The van der Waals surface area contributed by atoms with E-state index in [2.05, 4.69) is 62.4 Å². The van der Waals surface area contributed by atoms with Gasteiger partial charge in [0.05, 0.1) is 16.6 Å². The first-order valence-corrected chi connectivity index (χ1v) is 8.43. The van der Waals surface area contributed by atoms with Gasteiger partial charge in [0.15, 0.2) is 0 Å². The highest BCUT2D eigenvalue weighted by Gasteiger charge is 2.24. The number of thiophene rings is 1. The third-order valence-electron chi connectivity index (χ3n) is 2.71. The van der Waals surface area contributed by atoms with Crippen LogP contribution in [0.1, 0.15) is 48.9 Å². The summed E-state index contributed by atoms with van der Waals surface area (Å²) in [6, 6.07) is 0.188. The van der Waals surface area contributed by atoms with Crippen molar-refractivity contribution in [3.05, 3.63) is 31.4 Å². The van der Waals surface area contributed by atoms with Crippen molar-refractivity contribution in [2.75, 3.05) is 6.54 Å². The zero-order chi connectivity index (χ0) is 13.1. The molecule has 6 heteroatoms. The average Bonchev–Trinajstić information content (AvgIpc) is 2.94. The summed E-state index contributed by atoms with van der Waals surface area (Å²) in [5.41, 5.74) is 2.37. The normalized spacial score (nSPS) is 13.2. The minimum absolute atomic E-state index is 0.188. The van der Waals surface area contributed by atoms with E-state index in [1.54, 1.807) is 11.3 Å². The number of rotatable bonds is 5. The SMILES string of the molecule is CCNC(c1cscc1Br)c1snnc1C(C)C. The van der Waals surface area contributed by atoms with Crippen molar-refractivity contribution in [3.8, 4) is 0 Å². The summed E-state index contributed by atoms with van der Waals surface area (Å²) in [5, 5.41) is 12.1. The molecule has 0 radical (unpaired) electrons. The van der Waals surface area contributed by atoms with Crippen LogP contribution >= 0.6 is 38.8 Å². The monoisotopic (exact) mass is 345 g/mol. The van der Waals surface area contributed by atoms with Crippen molar-refractivity contribution in [1.82, 2.24) is 14.9 Å². The lowest BCUT2D eigenvalue weighted by atomic mass is 10.0. The van der Waals surface area contributed by atoms with Gasteiger partial charge in [0.2, 0.25) is 0 Å². The summed E-state index contributed by atoms with van der Waals surface area (Å²) in [5.74, 6) is 0.400. The zero-order valence-electron chi connectivity index (χ0n) is 10.6. The predicted octanol–water partition coefficient (Wildman–Crippen LogP) is 4.18. The molecule has 2 aromatic heterocycles. The Hall–Kier alpha value is -0.300. The van der Waals surface area contributed by atoms with Crippen LogP contribution in [0.4, 0.5) is 0 Å². The second-order valence-electron chi connectivity index (χ2n) is 4.34. The third kappa shape index (κ3) is 2.82. The quantitative estimate of drug-likeness (QED) is 0.882. The van der Waals surface area contributed by atoms with Gasteiger partial charge in [-0.3, -0.25) is 0 Å². The van der Waals surface area contributed by atoms with E-state index in [-0.39, 0.29) is 6.04 Å². The Morgan fingerprint density at radius 2 is 2.17 bits per heavy atom. The van der Waals surface area contributed by atoms with Crippen LogP contribution in [-0.2, 0) is 0 Å². The van der Waals surface area contributed by atoms with Crippen molar-refractivity contribution < 1.29 is 0 Å². The molecule has 0 fully saturated rings. The molecule has 0 saturated carbocycles. The van der Waals surface area contributed by atoms with E-state index >= 15 is 0 Å². The Morgan fingerprint density at radius 3 is 2.72 bits per heavy atom. The molecule has 1 atom stereocenters. The Bertz CT molecular complexity index is 507. The Balaban J connectivity index is 2.42. The molecule has 1 N–H and O–H groups in total. The van der Waals surface area contributed by atoms with Crippen LogP contribution in [0.25, 0.3) is 0 Å². The van der Waals surface area contributed by atoms with Crippen LogP contribution in [-0.4, -0.2) is 16.1 Å². The lowest BCUT2D eigenvalue weighted by Crippen LogP contribution is -2.22. The molecule has 0 aromatic carbocycles. The molecular formula is C12H16BrN3S2. The van der Waals surface area contributed by atoms with Crippen LogP contribution in [0.5, 0.6) is 0 Å². The highest BCUT2D eigenvalue weighted by molar-refractivity contribution is 9.10. The Morgan fingerprint density at radius 1 is 1.39 bits per heavy atom. The summed E-state index contributed by atoms with van der Waals surface area (Å²) < 4.78 is 5.28. The third-order valence-corrected chi connectivity index (χ3v) is 5.27. The molecule has 0 bridgehead atoms. The molecule has 18 heavy (non-hydrogen) atoms. The number of nitrogens with zero attached hydrogens (tertiary/aromatic N) is 2. The van der Waals surface area contributed by atoms with Gasteiger partial charge in [-0.1, -0.05) is 25.3 Å². The molecule has 98 valence electrons. The molecule has 0 spiro atoms. The zero-order valence-corrected chi connectivity index (χ0v) is 13.8. The smallest absolute Gasteiger partial charge is 0.0832 e. The molecule has 2 heterocycles. The lowest BCUT2D eigenvalue weighted by Gasteiger charge is -2.17. The summed E-state index contributed by atoms with van der Waals surface area (Å²) >= 11 is 6.82. The van der Waals surface area contributed by atoms with Gasteiger partial charge >= 0.3 is 0 Å². The summed E-state index contributed by atoms with van der Waals surface area (Å²) in [7, 11) is 0. The molecule has 0 saturated heterocycles. The standard InChI is InChI=1S/C12H16BrN3S2/c1-4-14-11(8-5-17-6-9(8)13)12-10(7(2)3)15-16-18-12/h5-7,11,14H,4H2,1-3H3. The summed E-state index contributed by atoms with van der Waals surface area (Å²) in [6.45, 7) is 7.36. The van der Waals surface area contributed by atoms with Gasteiger partial charge in [0.1, 0.15) is 0 Å². The van der Waals surface area contributed by atoms with Crippen molar-refractivity contribution in [1.29, 1.82) is 0 Å². The molecule has 2 rings (SSSR count). The molecule has 0 aliphatic heterocycles. The first-order chi connectivity index (χ1) is 8.65. The highest BCUT2D eigenvalue weighted by atomic mass is 79.9. The molecule has 2 aromatic rings. The van der Waals surface area contributed by atoms with E-state index in [1.165, 1.54) is 22.0 Å². The van der Waals surface area contributed by atoms with Crippen molar-refractivity contribution in [2.24, 2.45) is 0 Å². The van der Waals surface area contributed by atoms with E-state index in [4.69, 9.17) is 0 Å². The van der Waals surface area contributed by atoms with E-state index in [1.807, 2.05) is 0 Å².